The van der Waals surface area contributed by atoms with Crippen LogP contribution in [-0.4, -0.2) is 0 Å². The fourth-order valence-corrected chi connectivity index (χ4v) is 3.13. The van der Waals surface area contributed by atoms with Gasteiger partial charge in [0.25, 0.3) is 0 Å². The summed E-state index contributed by atoms with van der Waals surface area (Å²) in [5, 5.41) is 3.38. The van der Waals surface area contributed by atoms with Crippen LogP contribution < -0.4 is 5.32 Å². The summed E-state index contributed by atoms with van der Waals surface area (Å²) in [6.45, 7) is 2.58. The molecule has 0 aliphatic heterocycles. The van der Waals surface area contributed by atoms with Crippen molar-refractivity contribution in [1.29, 1.82) is 0 Å². The molecule has 1 aliphatic carbocycles. The van der Waals surface area contributed by atoms with Gasteiger partial charge < -0.3 is 5.32 Å². The van der Waals surface area contributed by atoms with Crippen molar-refractivity contribution in [1.82, 2.24) is 5.32 Å². The van der Waals surface area contributed by atoms with Gasteiger partial charge in [-0.15, -0.1) is 0 Å². The number of nitrogens with one attached hydrogen (secondary N) is 1. The van der Waals surface area contributed by atoms with Gasteiger partial charge >= 0.3 is 0 Å². The van der Waals surface area contributed by atoms with Gasteiger partial charge in [0.15, 0.2) is 0 Å². The summed E-state index contributed by atoms with van der Waals surface area (Å²) in [4.78, 5) is 0. The summed E-state index contributed by atoms with van der Waals surface area (Å²) in [7, 11) is 0. The molecule has 0 radical (unpaired) electrons. The van der Waals surface area contributed by atoms with E-state index in [4.69, 9.17) is 0 Å². The average Bonchev–Trinajstić information content (AvgIpc) is 2.50. The van der Waals surface area contributed by atoms with Crippen molar-refractivity contribution in [2.75, 3.05) is 0 Å². The lowest BCUT2D eigenvalue weighted by Gasteiger charge is -2.30. The summed E-state index contributed by atoms with van der Waals surface area (Å²) >= 11 is 0. The van der Waals surface area contributed by atoms with Crippen LogP contribution in [0.25, 0.3) is 0 Å². The molecule has 2 atom stereocenters. The lowest BCUT2D eigenvalue weighted by atomic mass is 9.81. The first-order valence-corrected chi connectivity index (χ1v) is 7.41. The number of hydrogen-bond donors (Lipinski definition) is 1. The minimum Gasteiger partial charge on any atom is -0.306 e. The Labute approximate surface area is 124 Å². The van der Waals surface area contributed by atoms with Crippen molar-refractivity contribution in [3.63, 3.8) is 0 Å². The van der Waals surface area contributed by atoms with E-state index in [1.807, 2.05) is 6.07 Å². The molecule has 0 aromatic heterocycles. The van der Waals surface area contributed by atoms with E-state index in [-0.39, 0.29) is 11.9 Å². The Bertz CT molecular complexity index is 639. The number of benzene rings is 2. The van der Waals surface area contributed by atoms with Crippen LogP contribution in [-0.2, 0) is 6.54 Å². The van der Waals surface area contributed by atoms with Crippen molar-refractivity contribution in [3.05, 3.63) is 70.8 Å². The standard InChI is InChI=1S/C18H19F2N/c1-12-6-9-18(16-5-3-2-4-15(12)16)21-11-13-10-14(19)7-8-17(13)20/h2-5,7-8,10,12,18,21H,6,9,11H2,1H3. The minimum absolute atomic E-state index is 0.208. The Morgan fingerprint density at radius 1 is 1.05 bits per heavy atom. The smallest absolute Gasteiger partial charge is 0.127 e. The molecule has 1 aliphatic rings. The molecule has 0 bridgehead atoms. The van der Waals surface area contributed by atoms with Crippen LogP contribution in [0.15, 0.2) is 42.5 Å². The van der Waals surface area contributed by atoms with Crippen molar-refractivity contribution in [2.45, 2.75) is 38.3 Å². The van der Waals surface area contributed by atoms with E-state index in [2.05, 4.69) is 30.4 Å². The molecule has 0 amide bonds. The first-order chi connectivity index (χ1) is 10.1. The molecule has 3 heteroatoms. The third-order valence-electron chi connectivity index (χ3n) is 4.34. The predicted octanol–water partition coefficient (Wildman–Crippen LogP) is 4.69. The molecule has 1 nitrogen and oxygen atoms in total. The van der Waals surface area contributed by atoms with Gasteiger partial charge in [0.2, 0.25) is 0 Å². The summed E-state index contributed by atoms with van der Waals surface area (Å²) < 4.78 is 26.9. The Hall–Kier alpha value is -1.74. The Morgan fingerprint density at radius 2 is 1.81 bits per heavy atom. The van der Waals surface area contributed by atoms with Gasteiger partial charge in [-0.3, -0.25) is 0 Å². The summed E-state index contributed by atoms with van der Waals surface area (Å²) in [5.41, 5.74) is 3.03. The van der Waals surface area contributed by atoms with Crippen LogP contribution in [0.3, 0.4) is 0 Å². The van der Waals surface area contributed by atoms with E-state index < -0.39 is 5.82 Å². The Morgan fingerprint density at radius 3 is 2.62 bits per heavy atom. The van der Waals surface area contributed by atoms with E-state index in [1.54, 1.807) is 0 Å². The number of fused-ring (bicyclic) bond motifs is 1. The van der Waals surface area contributed by atoms with Crippen molar-refractivity contribution >= 4 is 0 Å². The molecule has 0 heterocycles. The lowest BCUT2D eigenvalue weighted by molar-refractivity contribution is 0.426. The molecule has 0 spiro atoms. The second-order valence-electron chi connectivity index (χ2n) is 5.78. The normalized spacial score (nSPS) is 21.1. The van der Waals surface area contributed by atoms with Crippen LogP contribution >= 0.6 is 0 Å². The summed E-state index contributed by atoms with van der Waals surface area (Å²) in [6.07, 6.45) is 2.13. The van der Waals surface area contributed by atoms with Gasteiger partial charge in [0.05, 0.1) is 0 Å². The summed E-state index contributed by atoms with van der Waals surface area (Å²) in [5.74, 6) is -0.197. The van der Waals surface area contributed by atoms with Crippen LogP contribution in [0.2, 0.25) is 0 Å². The van der Waals surface area contributed by atoms with E-state index >= 15 is 0 Å². The third-order valence-corrected chi connectivity index (χ3v) is 4.34. The fourth-order valence-electron chi connectivity index (χ4n) is 3.13. The van der Waals surface area contributed by atoms with E-state index in [0.717, 1.165) is 18.9 Å². The molecule has 1 N–H and O–H groups in total. The number of halogens is 2. The molecule has 2 aromatic rings. The van der Waals surface area contributed by atoms with Crippen LogP contribution in [0, 0.1) is 11.6 Å². The molecular weight excluding hydrogens is 268 g/mol. The maximum Gasteiger partial charge on any atom is 0.127 e. The molecule has 110 valence electrons. The van der Waals surface area contributed by atoms with Gasteiger partial charge in [0.1, 0.15) is 11.6 Å². The second-order valence-corrected chi connectivity index (χ2v) is 5.78. The zero-order valence-corrected chi connectivity index (χ0v) is 12.1. The van der Waals surface area contributed by atoms with E-state index in [9.17, 15) is 8.78 Å². The lowest BCUT2D eigenvalue weighted by Crippen LogP contribution is -2.26. The Balaban J connectivity index is 1.77. The quantitative estimate of drug-likeness (QED) is 0.863. The Kier molecular flexibility index (Phi) is 4.02. The van der Waals surface area contributed by atoms with Gasteiger partial charge in [-0.1, -0.05) is 31.2 Å². The third kappa shape index (κ3) is 2.98. The predicted molar refractivity (Wildman–Crippen MR) is 80.0 cm³/mol. The highest BCUT2D eigenvalue weighted by atomic mass is 19.1. The molecule has 0 saturated heterocycles. The molecule has 0 saturated carbocycles. The maximum absolute atomic E-state index is 13.7. The van der Waals surface area contributed by atoms with E-state index in [0.29, 0.717) is 18.0 Å². The monoisotopic (exact) mass is 287 g/mol. The van der Waals surface area contributed by atoms with Crippen molar-refractivity contribution in [2.24, 2.45) is 0 Å². The fraction of sp³-hybridized carbons (Fsp3) is 0.333. The highest BCUT2D eigenvalue weighted by Crippen LogP contribution is 2.37. The van der Waals surface area contributed by atoms with Crippen molar-refractivity contribution < 1.29 is 8.78 Å². The van der Waals surface area contributed by atoms with Crippen LogP contribution in [0.4, 0.5) is 8.78 Å². The highest BCUT2D eigenvalue weighted by molar-refractivity contribution is 5.35. The topological polar surface area (TPSA) is 12.0 Å². The van der Waals surface area contributed by atoms with Gasteiger partial charge in [-0.05, 0) is 48.1 Å². The molecule has 3 rings (SSSR count). The zero-order valence-electron chi connectivity index (χ0n) is 12.1. The number of rotatable bonds is 3. The zero-order chi connectivity index (χ0) is 14.8. The molecule has 0 fully saturated rings. The molecular formula is C18H19F2N. The van der Waals surface area contributed by atoms with Crippen LogP contribution in [0.1, 0.15) is 48.4 Å². The SMILES string of the molecule is CC1CCC(NCc2cc(F)ccc2F)c2ccccc21. The van der Waals surface area contributed by atoms with E-state index in [1.165, 1.54) is 23.3 Å². The van der Waals surface area contributed by atoms with Gasteiger partial charge in [-0.2, -0.15) is 0 Å². The van der Waals surface area contributed by atoms with Gasteiger partial charge in [-0.25, -0.2) is 8.78 Å². The molecule has 2 aromatic carbocycles. The molecule has 2 unspecified atom stereocenters. The highest BCUT2D eigenvalue weighted by Gasteiger charge is 2.24. The first kappa shape index (κ1) is 14.2. The summed E-state index contributed by atoms with van der Waals surface area (Å²) in [6, 6.07) is 12.2. The number of hydrogen-bond acceptors (Lipinski definition) is 1. The first-order valence-electron chi connectivity index (χ1n) is 7.41. The van der Waals surface area contributed by atoms with Crippen molar-refractivity contribution in [3.8, 4) is 0 Å². The maximum atomic E-state index is 13.7. The minimum atomic E-state index is -0.397. The average molecular weight is 287 g/mol. The van der Waals surface area contributed by atoms with Crippen LogP contribution in [0.5, 0.6) is 0 Å². The molecule has 21 heavy (non-hydrogen) atoms. The second kappa shape index (κ2) is 5.94. The largest absolute Gasteiger partial charge is 0.306 e. The van der Waals surface area contributed by atoms with Gasteiger partial charge in [0, 0.05) is 18.2 Å².